The van der Waals surface area contributed by atoms with Crippen LogP contribution in [0.1, 0.15) is 51.2 Å². The van der Waals surface area contributed by atoms with Crippen molar-refractivity contribution in [2.24, 2.45) is 5.84 Å². The summed E-state index contributed by atoms with van der Waals surface area (Å²) < 4.78 is 5.84. The summed E-state index contributed by atoms with van der Waals surface area (Å²) in [5.41, 5.74) is 5.83. The smallest absolute Gasteiger partial charge is 0.0744 e. The van der Waals surface area contributed by atoms with Crippen molar-refractivity contribution in [1.82, 2.24) is 5.43 Å². The predicted molar refractivity (Wildman–Crippen MR) is 83.5 cm³/mol. The first-order chi connectivity index (χ1) is 9.50. The Bertz CT molecular complexity index is 402. The van der Waals surface area contributed by atoms with Crippen molar-refractivity contribution >= 4 is 0 Å². The van der Waals surface area contributed by atoms with Gasteiger partial charge in [-0.1, -0.05) is 45.0 Å². The van der Waals surface area contributed by atoms with Crippen LogP contribution in [0.3, 0.4) is 0 Å². The highest BCUT2D eigenvalue weighted by atomic mass is 16.5. The number of ether oxygens (including phenoxy) is 1. The standard InChI is InChI=1S/C17H28N2O/c1-17(2,3)14-9-7-13(8-10-14)12-15(19-18)16-6-4-5-11-20-16/h7-10,15-16,19H,4-6,11-12,18H2,1-3H3. The Morgan fingerprint density at radius 3 is 2.45 bits per heavy atom. The van der Waals surface area contributed by atoms with Gasteiger partial charge >= 0.3 is 0 Å². The average Bonchev–Trinajstić information content (AvgIpc) is 2.45. The first-order valence-corrected chi connectivity index (χ1v) is 7.68. The number of hydrazine groups is 1. The molecule has 1 aliphatic heterocycles. The molecule has 1 saturated heterocycles. The van der Waals surface area contributed by atoms with Gasteiger partial charge in [0.1, 0.15) is 0 Å². The first kappa shape index (κ1) is 15.5. The van der Waals surface area contributed by atoms with Crippen LogP contribution >= 0.6 is 0 Å². The summed E-state index contributed by atoms with van der Waals surface area (Å²) in [6.07, 6.45) is 4.69. The molecule has 0 spiro atoms. The molecule has 1 aromatic carbocycles. The van der Waals surface area contributed by atoms with Gasteiger partial charge in [-0.05, 0) is 42.2 Å². The molecule has 20 heavy (non-hydrogen) atoms. The Labute approximate surface area is 122 Å². The lowest BCUT2D eigenvalue weighted by Crippen LogP contribution is -2.47. The molecule has 0 aliphatic carbocycles. The van der Waals surface area contributed by atoms with Gasteiger partial charge in [0.25, 0.3) is 0 Å². The van der Waals surface area contributed by atoms with Gasteiger partial charge in [0.15, 0.2) is 0 Å². The molecule has 2 atom stereocenters. The van der Waals surface area contributed by atoms with Crippen molar-refractivity contribution in [1.29, 1.82) is 0 Å². The molecule has 1 aliphatic rings. The molecule has 0 bridgehead atoms. The molecule has 112 valence electrons. The first-order valence-electron chi connectivity index (χ1n) is 7.68. The van der Waals surface area contributed by atoms with Crippen LogP contribution in [0.15, 0.2) is 24.3 Å². The Morgan fingerprint density at radius 1 is 1.25 bits per heavy atom. The zero-order valence-corrected chi connectivity index (χ0v) is 13.0. The fraction of sp³-hybridized carbons (Fsp3) is 0.647. The van der Waals surface area contributed by atoms with E-state index in [1.807, 2.05) is 0 Å². The number of hydrogen-bond acceptors (Lipinski definition) is 3. The summed E-state index contributed by atoms with van der Waals surface area (Å²) in [5, 5.41) is 0. The molecule has 0 amide bonds. The van der Waals surface area contributed by atoms with E-state index in [-0.39, 0.29) is 17.6 Å². The lowest BCUT2D eigenvalue weighted by atomic mass is 9.86. The van der Waals surface area contributed by atoms with Crippen molar-refractivity contribution < 1.29 is 4.74 Å². The minimum absolute atomic E-state index is 0.204. The lowest BCUT2D eigenvalue weighted by molar-refractivity contribution is -0.00744. The van der Waals surface area contributed by atoms with E-state index in [4.69, 9.17) is 10.6 Å². The minimum Gasteiger partial charge on any atom is -0.377 e. The number of hydrogen-bond donors (Lipinski definition) is 2. The second-order valence-corrected chi connectivity index (χ2v) is 6.83. The largest absolute Gasteiger partial charge is 0.377 e. The van der Waals surface area contributed by atoms with Crippen molar-refractivity contribution in [3.05, 3.63) is 35.4 Å². The van der Waals surface area contributed by atoms with Gasteiger partial charge in [0.05, 0.1) is 12.1 Å². The fourth-order valence-electron chi connectivity index (χ4n) is 2.78. The van der Waals surface area contributed by atoms with E-state index >= 15 is 0 Å². The molecule has 3 heteroatoms. The molecule has 3 N–H and O–H groups in total. The Kier molecular flexibility index (Phi) is 5.19. The fourth-order valence-corrected chi connectivity index (χ4v) is 2.78. The van der Waals surface area contributed by atoms with Crippen molar-refractivity contribution in [2.75, 3.05) is 6.61 Å². The molecule has 1 fully saturated rings. The van der Waals surface area contributed by atoms with Gasteiger partial charge in [-0.15, -0.1) is 0 Å². The van der Waals surface area contributed by atoms with Gasteiger partial charge in [-0.3, -0.25) is 11.3 Å². The molecule has 1 heterocycles. The average molecular weight is 276 g/mol. The van der Waals surface area contributed by atoms with Crippen LogP contribution in [0.5, 0.6) is 0 Å². The van der Waals surface area contributed by atoms with Crippen LogP contribution in [-0.4, -0.2) is 18.8 Å². The molecule has 1 aromatic rings. The molecule has 2 rings (SSSR count). The van der Waals surface area contributed by atoms with Crippen LogP contribution in [0.2, 0.25) is 0 Å². The van der Waals surface area contributed by atoms with E-state index in [1.165, 1.54) is 24.0 Å². The van der Waals surface area contributed by atoms with E-state index in [0.29, 0.717) is 0 Å². The van der Waals surface area contributed by atoms with Crippen LogP contribution < -0.4 is 11.3 Å². The number of rotatable bonds is 4. The second kappa shape index (κ2) is 6.70. The predicted octanol–water partition coefficient (Wildman–Crippen LogP) is 2.93. The van der Waals surface area contributed by atoms with Crippen LogP contribution in [-0.2, 0) is 16.6 Å². The molecule has 3 nitrogen and oxygen atoms in total. The Balaban J connectivity index is 2.00. The molecule has 0 aromatic heterocycles. The lowest BCUT2D eigenvalue weighted by Gasteiger charge is -2.30. The van der Waals surface area contributed by atoms with Gasteiger partial charge in [-0.2, -0.15) is 0 Å². The second-order valence-electron chi connectivity index (χ2n) is 6.83. The van der Waals surface area contributed by atoms with E-state index in [0.717, 1.165) is 19.4 Å². The molecular formula is C17H28N2O. The number of benzene rings is 1. The normalized spacial score (nSPS) is 21.7. The topological polar surface area (TPSA) is 47.3 Å². The van der Waals surface area contributed by atoms with Gasteiger partial charge in [0, 0.05) is 6.61 Å². The summed E-state index contributed by atoms with van der Waals surface area (Å²) >= 11 is 0. The van der Waals surface area contributed by atoms with Crippen molar-refractivity contribution in [3.8, 4) is 0 Å². The highest BCUT2D eigenvalue weighted by Crippen LogP contribution is 2.23. The van der Waals surface area contributed by atoms with E-state index < -0.39 is 0 Å². The number of nitrogens with two attached hydrogens (primary N) is 1. The summed E-state index contributed by atoms with van der Waals surface area (Å²) in [4.78, 5) is 0. The minimum atomic E-state index is 0.204. The van der Waals surface area contributed by atoms with Crippen molar-refractivity contribution in [3.63, 3.8) is 0 Å². The van der Waals surface area contributed by atoms with Crippen LogP contribution in [0, 0.1) is 0 Å². The molecular weight excluding hydrogens is 248 g/mol. The summed E-state index contributed by atoms with van der Waals surface area (Å²) in [6.45, 7) is 7.58. The third-order valence-electron chi connectivity index (χ3n) is 4.15. The van der Waals surface area contributed by atoms with Gasteiger partial charge < -0.3 is 4.74 Å². The molecule has 2 unspecified atom stereocenters. The maximum Gasteiger partial charge on any atom is 0.0744 e. The highest BCUT2D eigenvalue weighted by Gasteiger charge is 2.24. The van der Waals surface area contributed by atoms with Gasteiger partial charge in [-0.25, -0.2) is 0 Å². The zero-order valence-electron chi connectivity index (χ0n) is 13.0. The maximum atomic E-state index is 5.84. The maximum absolute atomic E-state index is 5.84. The highest BCUT2D eigenvalue weighted by molar-refractivity contribution is 5.28. The summed E-state index contributed by atoms with van der Waals surface area (Å²) in [7, 11) is 0. The van der Waals surface area contributed by atoms with E-state index in [9.17, 15) is 0 Å². The quantitative estimate of drug-likeness (QED) is 0.656. The molecule has 0 radical (unpaired) electrons. The molecule has 0 saturated carbocycles. The number of nitrogens with one attached hydrogen (secondary N) is 1. The summed E-state index contributed by atoms with van der Waals surface area (Å²) in [6, 6.07) is 9.09. The third-order valence-corrected chi connectivity index (χ3v) is 4.15. The zero-order chi connectivity index (χ0) is 14.6. The van der Waals surface area contributed by atoms with E-state index in [2.05, 4.69) is 50.5 Å². The SMILES string of the molecule is CC(C)(C)c1ccc(CC(NN)C2CCCCO2)cc1. The Hall–Kier alpha value is -0.900. The summed E-state index contributed by atoms with van der Waals surface area (Å²) in [5.74, 6) is 5.72. The Morgan fingerprint density at radius 2 is 1.95 bits per heavy atom. The monoisotopic (exact) mass is 276 g/mol. The van der Waals surface area contributed by atoms with Crippen LogP contribution in [0.4, 0.5) is 0 Å². The van der Waals surface area contributed by atoms with E-state index in [1.54, 1.807) is 0 Å². The van der Waals surface area contributed by atoms with Gasteiger partial charge in [0.2, 0.25) is 0 Å². The third kappa shape index (κ3) is 4.05. The van der Waals surface area contributed by atoms with Crippen LogP contribution in [0.25, 0.3) is 0 Å². The van der Waals surface area contributed by atoms with Crippen molar-refractivity contribution in [2.45, 2.75) is 64.0 Å².